The Kier molecular flexibility index (Phi) is 4.36. The van der Waals surface area contributed by atoms with Gasteiger partial charge in [-0.15, -0.1) is 0 Å². The van der Waals surface area contributed by atoms with Gasteiger partial charge in [0.25, 0.3) is 0 Å². The fraction of sp³-hybridized carbons (Fsp3) is 0.600. The molecule has 19 heavy (non-hydrogen) atoms. The van der Waals surface area contributed by atoms with Gasteiger partial charge in [0.15, 0.2) is 0 Å². The Morgan fingerprint density at radius 3 is 2.11 bits per heavy atom. The van der Waals surface area contributed by atoms with E-state index >= 15 is 0 Å². The van der Waals surface area contributed by atoms with Crippen molar-refractivity contribution in [3.63, 3.8) is 0 Å². The van der Waals surface area contributed by atoms with Crippen LogP contribution in [-0.4, -0.2) is 62.2 Å². The van der Waals surface area contributed by atoms with E-state index in [1.807, 2.05) is 0 Å². The van der Waals surface area contributed by atoms with Crippen LogP contribution < -0.4 is 0 Å². The molecule has 1 aliphatic heterocycles. The lowest BCUT2D eigenvalue weighted by molar-refractivity contribution is -0.00461. The van der Waals surface area contributed by atoms with E-state index in [2.05, 4.69) is 9.97 Å². The third-order valence-electron chi connectivity index (χ3n) is 3.02. The van der Waals surface area contributed by atoms with Crippen molar-refractivity contribution >= 4 is 21.6 Å². The van der Waals surface area contributed by atoms with Gasteiger partial charge in [-0.05, 0) is 11.6 Å². The molecule has 0 N–H and O–H groups in total. The Bertz CT molecular complexity index is 524. The second-order valence-corrected chi connectivity index (χ2v) is 6.33. The molecule has 2 rings (SSSR count). The molecule has 1 aliphatic rings. The molecule has 9 heteroatoms. The minimum atomic E-state index is -3.65. The number of aromatic nitrogens is 2. The SMILES string of the molecule is COC1CN(S(=O)(=O)c2cnc(Cl)nc2)CC1OC. The highest BCUT2D eigenvalue weighted by atomic mass is 35.5. The molecular weight excluding hydrogens is 294 g/mol. The van der Waals surface area contributed by atoms with Gasteiger partial charge in [-0.3, -0.25) is 0 Å². The molecule has 0 radical (unpaired) electrons. The molecule has 0 saturated carbocycles. The Morgan fingerprint density at radius 2 is 1.68 bits per heavy atom. The summed E-state index contributed by atoms with van der Waals surface area (Å²) in [5.74, 6) is 0. The average molecular weight is 308 g/mol. The predicted molar refractivity (Wildman–Crippen MR) is 67.4 cm³/mol. The molecule has 0 amide bonds. The minimum absolute atomic E-state index is 0.00325. The molecule has 1 fully saturated rings. The third kappa shape index (κ3) is 2.87. The zero-order chi connectivity index (χ0) is 14.0. The van der Waals surface area contributed by atoms with Gasteiger partial charge in [-0.25, -0.2) is 18.4 Å². The maximum absolute atomic E-state index is 12.4. The van der Waals surface area contributed by atoms with Crippen LogP contribution in [0.5, 0.6) is 0 Å². The van der Waals surface area contributed by atoms with Gasteiger partial charge in [0.2, 0.25) is 15.3 Å². The molecule has 1 saturated heterocycles. The number of halogens is 1. The third-order valence-corrected chi connectivity index (χ3v) is 5.00. The van der Waals surface area contributed by atoms with Crippen LogP contribution in [0.1, 0.15) is 0 Å². The molecule has 1 aromatic heterocycles. The first-order valence-electron chi connectivity index (χ1n) is 5.52. The number of nitrogens with zero attached hydrogens (tertiary/aromatic N) is 3. The first kappa shape index (κ1) is 14.6. The summed E-state index contributed by atoms with van der Waals surface area (Å²) in [6.45, 7) is 0.472. The van der Waals surface area contributed by atoms with Crippen LogP contribution in [0, 0.1) is 0 Å². The highest BCUT2D eigenvalue weighted by Gasteiger charge is 2.40. The second kappa shape index (κ2) is 5.68. The summed E-state index contributed by atoms with van der Waals surface area (Å²) in [6, 6.07) is 0. The molecule has 0 bridgehead atoms. The summed E-state index contributed by atoms with van der Waals surface area (Å²) in [5.41, 5.74) is 0. The summed E-state index contributed by atoms with van der Waals surface area (Å²) < 4.78 is 36.4. The number of hydrogen-bond acceptors (Lipinski definition) is 6. The summed E-state index contributed by atoms with van der Waals surface area (Å²) >= 11 is 5.54. The molecule has 2 heterocycles. The van der Waals surface area contributed by atoms with Gasteiger partial charge in [-0.1, -0.05) is 0 Å². The summed E-state index contributed by atoms with van der Waals surface area (Å²) in [6.07, 6.45) is 1.81. The molecule has 2 unspecified atom stereocenters. The number of rotatable bonds is 4. The van der Waals surface area contributed by atoms with Gasteiger partial charge in [0.1, 0.15) is 4.90 Å². The fourth-order valence-corrected chi connectivity index (χ4v) is 3.40. The molecule has 1 aromatic rings. The smallest absolute Gasteiger partial charge is 0.246 e. The Morgan fingerprint density at radius 1 is 1.21 bits per heavy atom. The summed E-state index contributed by atoms with van der Waals surface area (Å²) in [4.78, 5) is 7.37. The Balaban J connectivity index is 2.24. The summed E-state index contributed by atoms with van der Waals surface area (Å²) in [5, 5.41) is 0.00454. The average Bonchev–Trinajstić information content (AvgIpc) is 2.83. The van der Waals surface area contributed by atoms with Crippen LogP contribution in [0.15, 0.2) is 17.3 Å². The van der Waals surface area contributed by atoms with Crippen molar-refractivity contribution in [1.29, 1.82) is 0 Å². The van der Waals surface area contributed by atoms with Crippen molar-refractivity contribution in [1.82, 2.24) is 14.3 Å². The van der Waals surface area contributed by atoms with E-state index in [0.717, 1.165) is 0 Å². The first-order valence-corrected chi connectivity index (χ1v) is 7.34. The van der Waals surface area contributed by atoms with E-state index in [9.17, 15) is 8.42 Å². The van der Waals surface area contributed by atoms with Crippen LogP contribution in [0.2, 0.25) is 5.28 Å². The van der Waals surface area contributed by atoms with Crippen LogP contribution in [0.25, 0.3) is 0 Å². The van der Waals surface area contributed by atoms with E-state index in [1.54, 1.807) is 0 Å². The zero-order valence-electron chi connectivity index (χ0n) is 10.5. The topological polar surface area (TPSA) is 81.6 Å². The van der Waals surface area contributed by atoms with Crippen LogP contribution >= 0.6 is 11.6 Å². The van der Waals surface area contributed by atoms with Gasteiger partial charge >= 0.3 is 0 Å². The number of hydrogen-bond donors (Lipinski definition) is 0. The fourth-order valence-electron chi connectivity index (χ4n) is 1.94. The van der Waals surface area contributed by atoms with Crippen LogP contribution in [-0.2, 0) is 19.5 Å². The van der Waals surface area contributed by atoms with Crippen LogP contribution in [0.4, 0.5) is 0 Å². The van der Waals surface area contributed by atoms with Crippen molar-refractivity contribution < 1.29 is 17.9 Å². The number of ether oxygens (including phenoxy) is 2. The van der Waals surface area contributed by atoms with Crippen molar-refractivity contribution in [3.05, 3.63) is 17.7 Å². The van der Waals surface area contributed by atoms with Gasteiger partial charge in [-0.2, -0.15) is 4.31 Å². The van der Waals surface area contributed by atoms with Crippen molar-refractivity contribution in [2.75, 3.05) is 27.3 Å². The first-order chi connectivity index (χ1) is 8.98. The predicted octanol–water partition coefficient (Wildman–Crippen LogP) is 0.164. The largest absolute Gasteiger partial charge is 0.377 e. The lowest BCUT2D eigenvalue weighted by Gasteiger charge is -2.15. The Labute approximate surface area is 116 Å². The maximum atomic E-state index is 12.4. The highest BCUT2D eigenvalue weighted by Crippen LogP contribution is 2.23. The molecule has 106 valence electrons. The van der Waals surface area contributed by atoms with Gasteiger partial charge in [0.05, 0.1) is 24.6 Å². The monoisotopic (exact) mass is 307 g/mol. The van der Waals surface area contributed by atoms with Crippen LogP contribution in [0.3, 0.4) is 0 Å². The van der Waals surface area contributed by atoms with E-state index < -0.39 is 10.0 Å². The second-order valence-electron chi connectivity index (χ2n) is 4.06. The quantitative estimate of drug-likeness (QED) is 0.737. The normalized spacial score (nSPS) is 24.8. The highest BCUT2D eigenvalue weighted by molar-refractivity contribution is 7.89. The van der Waals surface area contributed by atoms with Gasteiger partial charge < -0.3 is 9.47 Å². The van der Waals surface area contributed by atoms with E-state index in [-0.39, 0.29) is 35.5 Å². The summed E-state index contributed by atoms with van der Waals surface area (Å²) in [7, 11) is -0.600. The van der Waals surface area contributed by atoms with Gasteiger partial charge in [0, 0.05) is 27.3 Å². The minimum Gasteiger partial charge on any atom is -0.377 e. The maximum Gasteiger partial charge on any atom is 0.246 e. The van der Waals surface area contributed by atoms with E-state index in [4.69, 9.17) is 21.1 Å². The van der Waals surface area contributed by atoms with E-state index in [1.165, 1.54) is 30.9 Å². The van der Waals surface area contributed by atoms with Crippen molar-refractivity contribution in [2.24, 2.45) is 0 Å². The van der Waals surface area contributed by atoms with Crippen molar-refractivity contribution in [2.45, 2.75) is 17.1 Å². The lowest BCUT2D eigenvalue weighted by Crippen LogP contribution is -2.30. The number of methoxy groups -OCH3 is 2. The lowest BCUT2D eigenvalue weighted by atomic mass is 10.3. The molecule has 0 spiro atoms. The molecule has 0 aromatic carbocycles. The Hall–Kier alpha value is -0.800. The molecular formula is C10H14ClN3O4S. The van der Waals surface area contributed by atoms with E-state index in [0.29, 0.717) is 0 Å². The molecule has 0 aliphatic carbocycles. The number of sulfonamides is 1. The standard InChI is InChI=1S/C10H14ClN3O4S/c1-17-8-5-14(6-9(8)18-2)19(15,16)7-3-12-10(11)13-4-7/h3-4,8-9H,5-6H2,1-2H3. The van der Waals surface area contributed by atoms with Crippen molar-refractivity contribution in [3.8, 4) is 0 Å². The molecule has 2 atom stereocenters. The zero-order valence-corrected chi connectivity index (χ0v) is 12.1. The molecule has 7 nitrogen and oxygen atoms in total.